The van der Waals surface area contributed by atoms with Crippen molar-refractivity contribution in [1.82, 2.24) is 20.1 Å². The third-order valence-corrected chi connectivity index (χ3v) is 5.10. The number of ether oxygens (including phenoxy) is 2. The third-order valence-electron chi connectivity index (χ3n) is 5.10. The molecule has 1 saturated heterocycles. The van der Waals surface area contributed by atoms with E-state index in [1.807, 2.05) is 59.5 Å². The molecule has 2 heterocycles. The molecule has 0 spiro atoms. The maximum Gasteiger partial charge on any atom is 0.261 e. The number of para-hydroxylation sites is 1. The standard InChI is InChI=1S/C22H24N4O3/c1-28-17-12-10-16(11-13-17)21-23-22(25-24-21)19-9-5-6-14-26(19)20(27)15-29-18-7-3-2-4-8-18/h2-4,7-8,10-13,19H,5-6,9,14-15H2,1H3,(H,23,24,25)/t19-/m1/s1. The number of carbonyl (C=O) groups is 1. The van der Waals surface area contributed by atoms with Crippen molar-refractivity contribution < 1.29 is 14.3 Å². The molecule has 0 bridgehead atoms. The van der Waals surface area contributed by atoms with Crippen LogP contribution < -0.4 is 9.47 Å². The maximum absolute atomic E-state index is 12.8. The first kappa shape index (κ1) is 19.0. The van der Waals surface area contributed by atoms with Gasteiger partial charge in [0.2, 0.25) is 0 Å². The summed E-state index contributed by atoms with van der Waals surface area (Å²) >= 11 is 0. The number of carbonyl (C=O) groups excluding carboxylic acids is 1. The third kappa shape index (κ3) is 4.39. The molecule has 7 nitrogen and oxygen atoms in total. The molecule has 1 N–H and O–H groups in total. The fourth-order valence-electron chi connectivity index (χ4n) is 3.55. The van der Waals surface area contributed by atoms with Crippen molar-refractivity contribution in [3.05, 3.63) is 60.4 Å². The lowest BCUT2D eigenvalue weighted by atomic mass is 10.0. The van der Waals surface area contributed by atoms with Gasteiger partial charge in [-0.25, -0.2) is 4.98 Å². The molecule has 1 atom stereocenters. The van der Waals surface area contributed by atoms with Gasteiger partial charge in [0, 0.05) is 12.1 Å². The van der Waals surface area contributed by atoms with Gasteiger partial charge in [-0.05, 0) is 55.7 Å². The minimum atomic E-state index is -0.116. The van der Waals surface area contributed by atoms with Gasteiger partial charge in [-0.1, -0.05) is 18.2 Å². The van der Waals surface area contributed by atoms with Crippen LogP contribution in [0.3, 0.4) is 0 Å². The Morgan fingerprint density at radius 2 is 1.90 bits per heavy atom. The lowest BCUT2D eigenvalue weighted by Gasteiger charge is -2.34. The number of piperidine rings is 1. The Morgan fingerprint density at radius 3 is 2.66 bits per heavy atom. The van der Waals surface area contributed by atoms with E-state index < -0.39 is 0 Å². The number of hydrogen-bond donors (Lipinski definition) is 1. The monoisotopic (exact) mass is 392 g/mol. The van der Waals surface area contributed by atoms with Gasteiger partial charge in [0.15, 0.2) is 12.4 Å². The van der Waals surface area contributed by atoms with Gasteiger partial charge in [0.1, 0.15) is 17.3 Å². The van der Waals surface area contributed by atoms with Crippen LogP contribution in [0.2, 0.25) is 0 Å². The molecule has 0 saturated carbocycles. The number of rotatable bonds is 6. The Hall–Kier alpha value is -3.35. The summed E-state index contributed by atoms with van der Waals surface area (Å²) in [4.78, 5) is 19.3. The molecule has 1 fully saturated rings. The van der Waals surface area contributed by atoms with Gasteiger partial charge >= 0.3 is 0 Å². The zero-order chi connectivity index (χ0) is 20.1. The van der Waals surface area contributed by atoms with Gasteiger partial charge in [-0.2, -0.15) is 5.10 Å². The molecule has 4 rings (SSSR count). The van der Waals surface area contributed by atoms with E-state index in [1.165, 1.54) is 0 Å². The minimum absolute atomic E-state index is 0.0139. The van der Waals surface area contributed by atoms with Crippen LogP contribution in [0.4, 0.5) is 0 Å². The predicted octanol–water partition coefficient (Wildman–Crippen LogP) is 3.61. The van der Waals surface area contributed by atoms with Crippen molar-refractivity contribution in [2.75, 3.05) is 20.3 Å². The van der Waals surface area contributed by atoms with E-state index in [0.29, 0.717) is 23.9 Å². The first-order chi connectivity index (χ1) is 14.2. The average molecular weight is 392 g/mol. The molecule has 2 aromatic carbocycles. The largest absolute Gasteiger partial charge is 0.497 e. The number of H-pyrrole nitrogens is 1. The van der Waals surface area contributed by atoms with Crippen LogP contribution in [-0.2, 0) is 4.79 Å². The van der Waals surface area contributed by atoms with Crippen LogP contribution in [0.5, 0.6) is 11.5 Å². The van der Waals surface area contributed by atoms with Crippen molar-refractivity contribution in [1.29, 1.82) is 0 Å². The number of aromatic nitrogens is 3. The summed E-state index contributed by atoms with van der Waals surface area (Å²) in [6.45, 7) is 0.709. The number of benzene rings is 2. The number of methoxy groups -OCH3 is 1. The molecule has 1 aliphatic rings. The molecular formula is C22H24N4O3. The molecule has 7 heteroatoms. The van der Waals surface area contributed by atoms with E-state index in [-0.39, 0.29) is 18.6 Å². The molecule has 0 radical (unpaired) electrons. The normalized spacial score (nSPS) is 16.4. The van der Waals surface area contributed by atoms with Gasteiger partial charge < -0.3 is 14.4 Å². The summed E-state index contributed by atoms with van der Waals surface area (Å²) in [5, 5.41) is 7.39. The average Bonchev–Trinajstić information content (AvgIpc) is 3.28. The van der Waals surface area contributed by atoms with Gasteiger partial charge in [0.25, 0.3) is 5.91 Å². The van der Waals surface area contributed by atoms with E-state index in [9.17, 15) is 4.79 Å². The fourth-order valence-corrected chi connectivity index (χ4v) is 3.55. The zero-order valence-corrected chi connectivity index (χ0v) is 16.4. The van der Waals surface area contributed by atoms with E-state index in [0.717, 1.165) is 30.6 Å². The number of amides is 1. The summed E-state index contributed by atoms with van der Waals surface area (Å²) in [5.41, 5.74) is 0.898. The molecule has 0 aliphatic carbocycles. The van der Waals surface area contributed by atoms with Crippen LogP contribution in [-0.4, -0.2) is 46.2 Å². The van der Waals surface area contributed by atoms with E-state index in [2.05, 4.69) is 15.2 Å². The lowest BCUT2D eigenvalue weighted by Crippen LogP contribution is -2.41. The van der Waals surface area contributed by atoms with Crippen LogP contribution in [0.25, 0.3) is 11.4 Å². The highest BCUT2D eigenvalue weighted by atomic mass is 16.5. The van der Waals surface area contributed by atoms with Crippen LogP contribution >= 0.6 is 0 Å². The van der Waals surface area contributed by atoms with Crippen molar-refractivity contribution in [3.63, 3.8) is 0 Å². The Labute approximate surface area is 169 Å². The quantitative estimate of drug-likeness (QED) is 0.693. The summed E-state index contributed by atoms with van der Waals surface area (Å²) in [6, 6.07) is 16.9. The number of hydrogen-bond acceptors (Lipinski definition) is 5. The zero-order valence-electron chi connectivity index (χ0n) is 16.4. The summed E-state index contributed by atoms with van der Waals surface area (Å²) < 4.78 is 10.8. The van der Waals surface area contributed by atoms with Crippen molar-refractivity contribution in [2.45, 2.75) is 25.3 Å². The van der Waals surface area contributed by atoms with Gasteiger partial charge in [0.05, 0.1) is 13.2 Å². The van der Waals surface area contributed by atoms with Gasteiger partial charge in [-0.15, -0.1) is 0 Å². The number of aromatic amines is 1. The van der Waals surface area contributed by atoms with E-state index in [4.69, 9.17) is 9.47 Å². The van der Waals surface area contributed by atoms with Crippen LogP contribution in [0, 0.1) is 0 Å². The number of likely N-dealkylation sites (tertiary alicyclic amines) is 1. The Morgan fingerprint density at radius 1 is 1.10 bits per heavy atom. The highest BCUT2D eigenvalue weighted by Crippen LogP contribution is 2.30. The first-order valence-corrected chi connectivity index (χ1v) is 9.78. The van der Waals surface area contributed by atoms with Gasteiger partial charge in [-0.3, -0.25) is 9.89 Å². The molecule has 29 heavy (non-hydrogen) atoms. The second-order valence-corrected chi connectivity index (χ2v) is 6.97. The number of nitrogens with one attached hydrogen (secondary N) is 1. The Kier molecular flexibility index (Phi) is 5.74. The summed E-state index contributed by atoms with van der Waals surface area (Å²) in [6.07, 6.45) is 2.88. The smallest absolute Gasteiger partial charge is 0.261 e. The van der Waals surface area contributed by atoms with Crippen molar-refractivity contribution >= 4 is 5.91 Å². The molecule has 1 aromatic heterocycles. The maximum atomic E-state index is 12.8. The second-order valence-electron chi connectivity index (χ2n) is 6.97. The van der Waals surface area contributed by atoms with Crippen LogP contribution in [0.15, 0.2) is 54.6 Å². The first-order valence-electron chi connectivity index (χ1n) is 9.78. The lowest BCUT2D eigenvalue weighted by molar-refractivity contribution is -0.137. The van der Waals surface area contributed by atoms with E-state index in [1.54, 1.807) is 7.11 Å². The molecule has 1 amide bonds. The van der Waals surface area contributed by atoms with Crippen LogP contribution in [0.1, 0.15) is 31.1 Å². The summed E-state index contributed by atoms with van der Waals surface area (Å²) in [5.74, 6) is 2.76. The SMILES string of the molecule is COc1ccc(-c2n[nH]c([C@H]3CCCCN3C(=O)COc3ccccc3)n2)cc1. The van der Waals surface area contributed by atoms with Crippen molar-refractivity contribution in [3.8, 4) is 22.9 Å². The highest BCUT2D eigenvalue weighted by molar-refractivity contribution is 5.78. The van der Waals surface area contributed by atoms with Crippen molar-refractivity contribution in [2.24, 2.45) is 0 Å². The minimum Gasteiger partial charge on any atom is -0.497 e. The molecule has 150 valence electrons. The molecular weight excluding hydrogens is 368 g/mol. The highest BCUT2D eigenvalue weighted by Gasteiger charge is 2.30. The topological polar surface area (TPSA) is 80.3 Å². The molecule has 1 aliphatic heterocycles. The molecule has 3 aromatic rings. The molecule has 0 unspecified atom stereocenters. The second kappa shape index (κ2) is 8.77. The van der Waals surface area contributed by atoms with E-state index >= 15 is 0 Å². The fraction of sp³-hybridized carbons (Fsp3) is 0.318. The predicted molar refractivity (Wildman–Crippen MR) is 109 cm³/mol. The Bertz CT molecular complexity index is 940. The number of nitrogens with zero attached hydrogens (tertiary/aromatic N) is 3. The Balaban J connectivity index is 1.47. The summed E-state index contributed by atoms with van der Waals surface area (Å²) in [7, 11) is 1.64.